The summed E-state index contributed by atoms with van der Waals surface area (Å²) in [5.41, 5.74) is 1.72. The molecule has 1 aliphatic heterocycles. The topological polar surface area (TPSA) is 91.3 Å². The van der Waals surface area contributed by atoms with Gasteiger partial charge in [0, 0.05) is 5.56 Å². The van der Waals surface area contributed by atoms with Crippen LogP contribution in [-0.2, 0) is 22.4 Å². The maximum Gasteiger partial charge on any atom is 0.337 e. The van der Waals surface area contributed by atoms with Crippen LogP contribution in [0.25, 0.3) is 0 Å². The second kappa shape index (κ2) is 7.99. The molecule has 0 aromatic heterocycles. The molecule has 7 heteroatoms. The van der Waals surface area contributed by atoms with Crippen LogP contribution in [0, 0.1) is 0 Å². The zero-order valence-corrected chi connectivity index (χ0v) is 15.1. The van der Waals surface area contributed by atoms with Gasteiger partial charge in [-0.15, -0.1) is 0 Å². The quantitative estimate of drug-likeness (QED) is 0.743. The van der Waals surface area contributed by atoms with Gasteiger partial charge in [-0.3, -0.25) is 4.79 Å². The molecule has 0 radical (unpaired) electrons. The molecule has 0 saturated carbocycles. The predicted molar refractivity (Wildman–Crippen MR) is 95.8 cm³/mol. The molecular weight excluding hydrogens is 352 g/mol. The van der Waals surface area contributed by atoms with Crippen molar-refractivity contribution in [1.29, 1.82) is 0 Å². The fourth-order valence-electron chi connectivity index (χ4n) is 2.90. The van der Waals surface area contributed by atoms with Crippen LogP contribution in [0.15, 0.2) is 30.3 Å². The molecule has 1 aliphatic rings. The number of carboxylic acid groups (broad SMARTS) is 1. The van der Waals surface area contributed by atoms with Gasteiger partial charge in [0.25, 0.3) is 0 Å². The molecule has 2 aromatic carbocycles. The Bertz CT molecular complexity index is 873. The van der Waals surface area contributed by atoms with Crippen LogP contribution in [0.1, 0.15) is 34.8 Å². The van der Waals surface area contributed by atoms with Crippen molar-refractivity contribution >= 4 is 11.9 Å². The Hall–Kier alpha value is -3.22. The number of carbonyl (C=O) groups is 2. The lowest BCUT2D eigenvalue weighted by Crippen LogP contribution is -2.05. The number of carbonyl (C=O) groups excluding carboxylic acids is 1. The average molecular weight is 372 g/mol. The highest BCUT2D eigenvalue weighted by molar-refractivity contribution is 5.89. The van der Waals surface area contributed by atoms with Gasteiger partial charge in [0.1, 0.15) is 5.75 Å². The largest absolute Gasteiger partial charge is 0.481 e. The van der Waals surface area contributed by atoms with Crippen molar-refractivity contribution < 1.29 is 33.6 Å². The van der Waals surface area contributed by atoms with Gasteiger partial charge in [0.05, 0.1) is 19.1 Å². The Morgan fingerprint density at radius 3 is 2.67 bits per heavy atom. The second-order valence-electron chi connectivity index (χ2n) is 6.02. The molecule has 0 bridgehead atoms. The van der Waals surface area contributed by atoms with E-state index in [-0.39, 0.29) is 13.2 Å². The Morgan fingerprint density at radius 2 is 1.96 bits per heavy atom. The minimum absolute atomic E-state index is 0.0469. The number of hydrogen-bond acceptors (Lipinski definition) is 6. The smallest absolute Gasteiger partial charge is 0.337 e. The summed E-state index contributed by atoms with van der Waals surface area (Å²) >= 11 is 0. The third kappa shape index (κ3) is 3.97. The molecular formula is C20H20O7. The molecule has 0 fully saturated rings. The van der Waals surface area contributed by atoms with Crippen molar-refractivity contribution in [1.82, 2.24) is 0 Å². The number of hydrogen-bond donors (Lipinski definition) is 1. The van der Waals surface area contributed by atoms with Gasteiger partial charge in [-0.2, -0.15) is 0 Å². The number of methoxy groups -OCH3 is 1. The lowest BCUT2D eigenvalue weighted by Gasteiger charge is -2.16. The Morgan fingerprint density at radius 1 is 1.15 bits per heavy atom. The van der Waals surface area contributed by atoms with E-state index in [1.807, 2.05) is 6.92 Å². The fraction of sp³-hybridized carbons (Fsp3) is 0.300. The molecule has 2 aromatic rings. The Balaban J connectivity index is 2.02. The number of aliphatic carboxylic acids is 1. The number of fused-ring (bicyclic) bond motifs is 1. The van der Waals surface area contributed by atoms with E-state index < -0.39 is 11.9 Å². The molecule has 1 heterocycles. The second-order valence-corrected chi connectivity index (χ2v) is 6.02. The van der Waals surface area contributed by atoms with E-state index in [4.69, 9.17) is 18.9 Å². The molecule has 0 unspecified atom stereocenters. The van der Waals surface area contributed by atoms with Crippen LogP contribution in [0.4, 0.5) is 0 Å². The predicted octanol–water partition coefficient (Wildman–Crippen LogP) is 3.57. The first-order valence-corrected chi connectivity index (χ1v) is 8.55. The third-order valence-corrected chi connectivity index (χ3v) is 4.13. The number of aryl methyl sites for hydroxylation is 1. The minimum atomic E-state index is -0.978. The first-order chi connectivity index (χ1) is 13.0. The van der Waals surface area contributed by atoms with E-state index >= 15 is 0 Å². The zero-order valence-electron chi connectivity index (χ0n) is 15.1. The van der Waals surface area contributed by atoms with Crippen molar-refractivity contribution in [3.05, 3.63) is 47.0 Å². The molecule has 142 valence electrons. The number of benzene rings is 2. The van der Waals surface area contributed by atoms with Crippen molar-refractivity contribution in [3.8, 4) is 23.0 Å². The van der Waals surface area contributed by atoms with E-state index in [1.54, 1.807) is 30.3 Å². The van der Waals surface area contributed by atoms with Crippen molar-refractivity contribution in [2.45, 2.75) is 26.2 Å². The highest BCUT2D eigenvalue weighted by Crippen LogP contribution is 2.46. The fourth-order valence-corrected chi connectivity index (χ4v) is 2.90. The van der Waals surface area contributed by atoms with Gasteiger partial charge in [-0.05, 0) is 36.2 Å². The van der Waals surface area contributed by atoms with Crippen LogP contribution in [0.3, 0.4) is 0 Å². The number of carboxylic acids is 1. The highest BCUT2D eigenvalue weighted by atomic mass is 16.7. The number of esters is 1. The van der Waals surface area contributed by atoms with Gasteiger partial charge in [0.2, 0.25) is 12.5 Å². The van der Waals surface area contributed by atoms with Crippen LogP contribution in [0.2, 0.25) is 0 Å². The summed E-state index contributed by atoms with van der Waals surface area (Å²) in [5.74, 6) is 0.322. The molecule has 0 atom stereocenters. The van der Waals surface area contributed by atoms with Crippen LogP contribution in [-0.4, -0.2) is 30.9 Å². The van der Waals surface area contributed by atoms with E-state index in [1.165, 1.54) is 7.11 Å². The van der Waals surface area contributed by atoms with Crippen molar-refractivity contribution in [2.75, 3.05) is 13.9 Å². The van der Waals surface area contributed by atoms with Crippen LogP contribution < -0.4 is 14.2 Å². The maximum absolute atomic E-state index is 11.8. The Kier molecular flexibility index (Phi) is 5.49. The van der Waals surface area contributed by atoms with Crippen LogP contribution >= 0.6 is 0 Å². The summed E-state index contributed by atoms with van der Waals surface area (Å²) in [6.45, 7) is 2.06. The van der Waals surface area contributed by atoms with Crippen LogP contribution in [0.5, 0.6) is 23.0 Å². The first kappa shape index (κ1) is 18.6. The summed E-state index contributed by atoms with van der Waals surface area (Å²) in [7, 11) is 1.33. The molecule has 3 rings (SSSR count). The minimum Gasteiger partial charge on any atom is -0.481 e. The molecule has 0 spiro atoms. The number of rotatable bonds is 7. The van der Waals surface area contributed by atoms with E-state index in [9.17, 15) is 14.7 Å². The van der Waals surface area contributed by atoms with E-state index in [0.717, 1.165) is 12.0 Å². The van der Waals surface area contributed by atoms with E-state index in [0.29, 0.717) is 40.5 Å². The third-order valence-electron chi connectivity index (χ3n) is 4.13. The summed E-state index contributed by atoms with van der Waals surface area (Å²) in [5, 5.41) is 9.19. The average Bonchev–Trinajstić information content (AvgIpc) is 3.13. The number of ether oxygens (including phenoxy) is 4. The molecule has 0 amide bonds. The summed E-state index contributed by atoms with van der Waals surface area (Å²) in [6, 6.07) is 8.33. The standard InChI is InChI=1S/C20H20O7/c1-3-4-12-9-14(20(23)24-2)6-7-15(12)27-18-13(10-17(21)22)5-8-16-19(18)26-11-25-16/h5-9H,3-4,10-11H2,1-2H3,(H,21,22). The van der Waals surface area contributed by atoms with Gasteiger partial charge < -0.3 is 24.1 Å². The molecule has 27 heavy (non-hydrogen) atoms. The lowest BCUT2D eigenvalue weighted by atomic mass is 10.0. The van der Waals surface area contributed by atoms with E-state index in [2.05, 4.69) is 0 Å². The summed E-state index contributed by atoms with van der Waals surface area (Å²) in [4.78, 5) is 23.0. The summed E-state index contributed by atoms with van der Waals surface area (Å²) in [6.07, 6.45) is 1.31. The molecule has 1 N–H and O–H groups in total. The van der Waals surface area contributed by atoms with Crippen molar-refractivity contribution in [2.24, 2.45) is 0 Å². The van der Waals surface area contributed by atoms with Gasteiger partial charge >= 0.3 is 11.9 Å². The van der Waals surface area contributed by atoms with Gasteiger partial charge in [0.15, 0.2) is 11.5 Å². The van der Waals surface area contributed by atoms with Gasteiger partial charge in [-0.25, -0.2) is 4.79 Å². The SMILES string of the molecule is CCCc1cc(C(=O)OC)ccc1Oc1c(CC(=O)O)ccc2c1OCO2. The summed E-state index contributed by atoms with van der Waals surface area (Å²) < 4.78 is 21.7. The highest BCUT2D eigenvalue weighted by Gasteiger charge is 2.24. The Labute approximate surface area is 156 Å². The molecule has 0 saturated heterocycles. The first-order valence-electron chi connectivity index (χ1n) is 8.55. The monoisotopic (exact) mass is 372 g/mol. The van der Waals surface area contributed by atoms with Crippen molar-refractivity contribution in [3.63, 3.8) is 0 Å². The normalized spacial score (nSPS) is 11.9. The van der Waals surface area contributed by atoms with Gasteiger partial charge in [-0.1, -0.05) is 19.4 Å². The molecule has 0 aliphatic carbocycles. The lowest BCUT2D eigenvalue weighted by molar-refractivity contribution is -0.136. The zero-order chi connectivity index (χ0) is 19.4. The molecule has 7 nitrogen and oxygen atoms in total. The maximum atomic E-state index is 11.8.